The summed E-state index contributed by atoms with van der Waals surface area (Å²) in [5, 5.41) is 14.4. The van der Waals surface area contributed by atoms with Crippen LogP contribution in [0.2, 0.25) is 0 Å². The quantitative estimate of drug-likeness (QED) is 0.649. The molecule has 1 aromatic carbocycles. The van der Waals surface area contributed by atoms with E-state index in [0.29, 0.717) is 5.69 Å². The first kappa shape index (κ1) is 14.1. The molecule has 0 aliphatic carbocycles. The van der Waals surface area contributed by atoms with E-state index in [-0.39, 0.29) is 16.7 Å². The van der Waals surface area contributed by atoms with Crippen LogP contribution in [0.5, 0.6) is 0 Å². The zero-order valence-electron chi connectivity index (χ0n) is 11.8. The van der Waals surface area contributed by atoms with E-state index in [1.807, 2.05) is 39.0 Å². The highest BCUT2D eigenvalue weighted by Crippen LogP contribution is 2.32. The van der Waals surface area contributed by atoms with Crippen LogP contribution in [0.3, 0.4) is 0 Å². The van der Waals surface area contributed by atoms with Crippen LogP contribution in [-0.4, -0.2) is 4.92 Å². The highest BCUT2D eigenvalue weighted by atomic mass is 16.6. The van der Waals surface area contributed by atoms with Crippen molar-refractivity contribution < 1.29 is 9.34 Å². The number of nitrogens with zero attached hydrogens (tertiary/aromatic N) is 1. The van der Waals surface area contributed by atoms with Gasteiger partial charge in [-0.3, -0.25) is 10.1 Å². The Labute approximate surface area is 117 Å². The van der Waals surface area contributed by atoms with E-state index in [1.165, 1.54) is 0 Å². The van der Waals surface area contributed by atoms with Crippen LogP contribution in [0.1, 0.15) is 36.3 Å². The summed E-state index contributed by atoms with van der Waals surface area (Å²) in [7, 11) is 0. The summed E-state index contributed by atoms with van der Waals surface area (Å²) in [6.45, 7) is 5.82. The maximum absolute atomic E-state index is 11.2. The Balaban J connectivity index is 2.37. The summed E-state index contributed by atoms with van der Waals surface area (Å²) in [5.41, 5.74) is 2.56. The minimum absolute atomic E-state index is 0.0780. The van der Waals surface area contributed by atoms with Gasteiger partial charge >= 0.3 is 0 Å². The molecule has 1 N–H and O–H groups in total. The maximum atomic E-state index is 11.2. The Morgan fingerprint density at radius 1 is 1.35 bits per heavy atom. The van der Waals surface area contributed by atoms with Gasteiger partial charge in [-0.1, -0.05) is 6.92 Å². The van der Waals surface area contributed by atoms with Gasteiger partial charge in [-0.15, -0.1) is 0 Å². The second-order valence-electron chi connectivity index (χ2n) is 4.83. The second kappa shape index (κ2) is 5.77. The summed E-state index contributed by atoms with van der Waals surface area (Å²) in [6, 6.07) is 7.03. The van der Waals surface area contributed by atoms with Crippen molar-refractivity contribution in [2.45, 2.75) is 33.2 Å². The maximum Gasteiger partial charge on any atom is 0.292 e. The predicted octanol–water partition coefficient (Wildman–Crippen LogP) is 4.37. The van der Waals surface area contributed by atoms with Crippen molar-refractivity contribution in [2.75, 3.05) is 5.32 Å². The number of benzene rings is 1. The van der Waals surface area contributed by atoms with Gasteiger partial charge in [-0.2, -0.15) is 0 Å². The third kappa shape index (κ3) is 2.82. The molecule has 20 heavy (non-hydrogen) atoms. The molecule has 1 unspecified atom stereocenters. The Morgan fingerprint density at radius 3 is 2.60 bits per heavy atom. The summed E-state index contributed by atoms with van der Waals surface area (Å²) in [5.74, 6) is 0.778. The fraction of sp³-hybridized carbons (Fsp3) is 0.333. The van der Waals surface area contributed by atoms with Crippen molar-refractivity contribution in [2.24, 2.45) is 0 Å². The third-order valence-electron chi connectivity index (χ3n) is 3.43. The van der Waals surface area contributed by atoms with Crippen molar-refractivity contribution in [1.82, 2.24) is 0 Å². The minimum atomic E-state index is -0.358. The van der Waals surface area contributed by atoms with Crippen molar-refractivity contribution >= 4 is 11.4 Å². The van der Waals surface area contributed by atoms with E-state index in [9.17, 15) is 10.1 Å². The summed E-state index contributed by atoms with van der Waals surface area (Å²) in [6.07, 6.45) is 2.38. The topological polar surface area (TPSA) is 68.3 Å². The monoisotopic (exact) mass is 274 g/mol. The fourth-order valence-corrected chi connectivity index (χ4v) is 2.12. The van der Waals surface area contributed by atoms with Gasteiger partial charge < -0.3 is 9.73 Å². The van der Waals surface area contributed by atoms with Gasteiger partial charge in [0.1, 0.15) is 11.4 Å². The number of rotatable bonds is 5. The van der Waals surface area contributed by atoms with E-state index in [1.54, 1.807) is 12.3 Å². The number of nitro groups is 1. The molecule has 5 nitrogen and oxygen atoms in total. The Hall–Kier alpha value is -2.30. The van der Waals surface area contributed by atoms with Crippen molar-refractivity contribution in [3.05, 3.63) is 57.5 Å². The molecule has 0 radical (unpaired) electrons. The number of furan rings is 1. The van der Waals surface area contributed by atoms with E-state index in [0.717, 1.165) is 23.3 Å². The van der Waals surface area contributed by atoms with E-state index in [2.05, 4.69) is 5.32 Å². The molecule has 0 fully saturated rings. The number of nitro benzene ring substituents is 1. The molecule has 0 bridgehead atoms. The zero-order valence-corrected chi connectivity index (χ0v) is 11.8. The molecule has 0 saturated carbocycles. The SMILES string of the molecule is CCC(Nc1cc(C)c(C)cc1[N+](=O)[O-])c1ccco1. The van der Waals surface area contributed by atoms with Crippen LogP contribution in [0.15, 0.2) is 34.9 Å². The Bertz CT molecular complexity index is 606. The summed E-state index contributed by atoms with van der Waals surface area (Å²) >= 11 is 0. The number of hydrogen-bond acceptors (Lipinski definition) is 4. The molecule has 2 rings (SSSR count). The Kier molecular flexibility index (Phi) is 4.08. The molecule has 106 valence electrons. The molecule has 0 spiro atoms. The van der Waals surface area contributed by atoms with Crippen molar-refractivity contribution in [3.8, 4) is 0 Å². The number of aryl methyl sites for hydroxylation is 2. The van der Waals surface area contributed by atoms with E-state index in [4.69, 9.17) is 4.42 Å². The first-order chi connectivity index (χ1) is 9.52. The van der Waals surface area contributed by atoms with Gasteiger partial charge in [0.15, 0.2) is 0 Å². The average Bonchev–Trinajstić information content (AvgIpc) is 2.93. The molecule has 1 aromatic heterocycles. The van der Waals surface area contributed by atoms with Crippen molar-refractivity contribution in [1.29, 1.82) is 0 Å². The molecule has 1 atom stereocenters. The van der Waals surface area contributed by atoms with Gasteiger partial charge in [0.25, 0.3) is 5.69 Å². The van der Waals surface area contributed by atoms with Gasteiger partial charge in [0.2, 0.25) is 0 Å². The van der Waals surface area contributed by atoms with Crippen LogP contribution < -0.4 is 5.32 Å². The van der Waals surface area contributed by atoms with Gasteiger partial charge in [0.05, 0.1) is 17.2 Å². The zero-order chi connectivity index (χ0) is 14.7. The normalized spacial score (nSPS) is 12.2. The molecule has 1 heterocycles. The number of hydrogen-bond donors (Lipinski definition) is 1. The van der Waals surface area contributed by atoms with Crippen LogP contribution in [-0.2, 0) is 0 Å². The molecule has 0 aliphatic rings. The molecule has 2 aromatic rings. The molecule has 0 aliphatic heterocycles. The van der Waals surface area contributed by atoms with Gasteiger partial charge in [-0.25, -0.2) is 0 Å². The van der Waals surface area contributed by atoms with Crippen LogP contribution in [0.25, 0.3) is 0 Å². The molecule has 0 saturated heterocycles. The van der Waals surface area contributed by atoms with E-state index < -0.39 is 0 Å². The predicted molar refractivity (Wildman–Crippen MR) is 77.9 cm³/mol. The minimum Gasteiger partial charge on any atom is -0.467 e. The van der Waals surface area contributed by atoms with Gasteiger partial charge in [-0.05, 0) is 49.6 Å². The third-order valence-corrected chi connectivity index (χ3v) is 3.43. The smallest absolute Gasteiger partial charge is 0.292 e. The second-order valence-corrected chi connectivity index (χ2v) is 4.83. The van der Waals surface area contributed by atoms with Crippen LogP contribution in [0.4, 0.5) is 11.4 Å². The summed E-state index contributed by atoms with van der Waals surface area (Å²) in [4.78, 5) is 10.8. The lowest BCUT2D eigenvalue weighted by molar-refractivity contribution is -0.384. The molecule has 0 amide bonds. The lowest BCUT2D eigenvalue weighted by Crippen LogP contribution is -2.10. The molecular weight excluding hydrogens is 256 g/mol. The van der Waals surface area contributed by atoms with Crippen LogP contribution in [0, 0.1) is 24.0 Å². The Morgan fingerprint density at radius 2 is 2.05 bits per heavy atom. The first-order valence-electron chi connectivity index (χ1n) is 6.58. The highest BCUT2D eigenvalue weighted by molar-refractivity contribution is 5.65. The fourth-order valence-electron chi connectivity index (χ4n) is 2.12. The highest BCUT2D eigenvalue weighted by Gasteiger charge is 2.20. The number of nitrogens with one attached hydrogen (secondary N) is 1. The number of anilines is 1. The molecular formula is C15H18N2O3. The van der Waals surface area contributed by atoms with Crippen molar-refractivity contribution in [3.63, 3.8) is 0 Å². The standard InChI is InChI=1S/C15H18N2O3/c1-4-12(15-6-5-7-20-15)16-13-8-10(2)11(3)9-14(13)17(18)19/h5-9,12,16H,4H2,1-3H3. The average molecular weight is 274 g/mol. The summed E-state index contributed by atoms with van der Waals surface area (Å²) < 4.78 is 5.38. The lowest BCUT2D eigenvalue weighted by Gasteiger charge is -2.17. The van der Waals surface area contributed by atoms with Crippen LogP contribution >= 0.6 is 0 Å². The van der Waals surface area contributed by atoms with Gasteiger partial charge in [0, 0.05) is 6.07 Å². The van der Waals surface area contributed by atoms with E-state index >= 15 is 0 Å². The largest absolute Gasteiger partial charge is 0.467 e. The first-order valence-corrected chi connectivity index (χ1v) is 6.58. The molecule has 5 heteroatoms. The lowest BCUT2D eigenvalue weighted by atomic mass is 10.1.